The molecule has 1 aromatic heterocycles. The summed E-state index contributed by atoms with van der Waals surface area (Å²) in [6.45, 7) is 6.26. The van der Waals surface area contributed by atoms with Gasteiger partial charge in [-0.2, -0.15) is 0 Å². The molecule has 182 valence electrons. The van der Waals surface area contributed by atoms with E-state index in [1.165, 1.54) is 5.56 Å². The smallest absolute Gasteiger partial charge is 0.309 e. The van der Waals surface area contributed by atoms with Gasteiger partial charge in [0.1, 0.15) is 11.9 Å². The SMILES string of the molecule is COc1ccc(C(=C(C=C[C@@H]2C[C@@H](O)CC(=O)O2)c2nnnn2C)c2c(C)cc(C)cc2C)cc1. The number of aryl methyl sites for hydroxylation is 4. The van der Waals surface area contributed by atoms with Gasteiger partial charge in [-0.15, -0.1) is 5.10 Å². The van der Waals surface area contributed by atoms with Gasteiger partial charge in [-0.25, -0.2) is 4.68 Å². The number of aromatic nitrogens is 4. The Morgan fingerprint density at radius 1 is 1.17 bits per heavy atom. The first kappa shape index (κ1) is 24.3. The highest BCUT2D eigenvalue weighted by molar-refractivity contribution is 6.02. The zero-order valence-electron chi connectivity index (χ0n) is 20.6. The van der Waals surface area contributed by atoms with Crippen molar-refractivity contribution < 1.29 is 19.4 Å². The van der Waals surface area contributed by atoms with E-state index in [2.05, 4.69) is 48.4 Å². The van der Waals surface area contributed by atoms with E-state index < -0.39 is 18.2 Å². The topological polar surface area (TPSA) is 99.4 Å². The van der Waals surface area contributed by atoms with Gasteiger partial charge in [-0.05, 0) is 71.7 Å². The van der Waals surface area contributed by atoms with E-state index in [4.69, 9.17) is 9.47 Å². The Balaban J connectivity index is 1.98. The standard InChI is InChI=1S/C27H30N4O4/c1-16-12-17(2)25(18(3)13-16)26(19-6-8-21(34-5)9-7-19)23(27-28-29-30-31(27)4)11-10-22-14-20(32)15-24(33)35-22/h6-13,20,22,32H,14-15H2,1-5H3/t20-,22-/m1/s1. The minimum Gasteiger partial charge on any atom is -0.497 e. The molecule has 1 aliphatic rings. The number of allylic oxidation sites excluding steroid dienone is 2. The molecular weight excluding hydrogens is 444 g/mol. The molecule has 4 rings (SSSR count). The first-order valence-electron chi connectivity index (χ1n) is 11.5. The van der Waals surface area contributed by atoms with E-state index in [0.29, 0.717) is 12.2 Å². The van der Waals surface area contributed by atoms with Crippen LogP contribution in [0, 0.1) is 20.8 Å². The van der Waals surface area contributed by atoms with Gasteiger partial charge in [0.25, 0.3) is 0 Å². The van der Waals surface area contributed by atoms with Crippen LogP contribution in [0.3, 0.4) is 0 Å². The van der Waals surface area contributed by atoms with E-state index in [9.17, 15) is 9.90 Å². The number of carbonyl (C=O) groups is 1. The molecule has 2 heterocycles. The van der Waals surface area contributed by atoms with Crippen LogP contribution in [0.4, 0.5) is 0 Å². The highest BCUT2D eigenvalue weighted by Gasteiger charge is 2.26. The van der Waals surface area contributed by atoms with Crippen molar-refractivity contribution in [3.63, 3.8) is 0 Å². The van der Waals surface area contributed by atoms with Gasteiger partial charge in [0, 0.05) is 24.6 Å². The summed E-state index contributed by atoms with van der Waals surface area (Å²) in [6, 6.07) is 12.2. The van der Waals surface area contributed by atoms with Crippen molar-refractivity contribution in [1.82, 2.24) is 20.2 Å². The number of hydrogen-bond acceptors (Lipinski definition) is 7. The molecule has 0 bridgehead atoms. The number of hydrogen-bond donors (Lipinski definition) is 1. The molecule has 2 atom stereocenters. The Morgan fingerprint density at radius 2 is 1.86 bits per heavy atom. The van der Waals surface area contributed by atoms with Crippen LogP contribution in [-0.4, -0.2) is 50.6 Å². The zero-order valence-corrected chi connectivity index (χ0v) is 20.6. The van der Waals surface area contributed by atoms with Gasteiger partial charge >= 0.3 is 5.97 Å². The van der Waals surface area contributed by atoms with E-state index in [0.717, 1.165) is 39.1 Å². The van der Waals surface area contributed by atoms with Crippen LogP contribution in [-0.2, 0) is 16.6 Å². The molecule has 8 heteroatoms. The Labute approximate surface area is 204 Å². The highest BCUT2D eigenvalue weighted by Crippen LogP contribution is 2.37. The van der Waals surface area contributed by atoms with E-state index in [-0.39, 0.29) is 6.42 Å². The number of carbonyl (C=O) groups excluding carboxylic acids is 1. The second kappa shape index (κ2) is 10.2. The van der Waals surface area contributed by atoms with Gasteiger partial charge in [0.2, 0.25) is 0 Å². The molecule has 0 amide bonds. The number of rotatable bonds is 6. The first-order valence-corrected chi connectivity index (χ1v) is 11.5. The molecule has 0 radical (unpaired) electrons. The largest absolute Gasteiger partial charge is 0.497 e. The molecule has 0 aliphatic carbocycles. The fourth-order valence-electron chi connectivity index (χ4n) is 4.62. The summed E-state index contributed by atoms with van der Waals surface area (Å²) < 4.78 is 12.4. The van der Waals surface area contributed by atoms with E-state index in [1.54, 1.807) is 24.9 Å². The average molecular weight is 475 g/mol. The van der Waals surface area contributed by atoms with Gasteiger partial charge in [0.05, 0.1) is 19.6 Å². The second-order valence-electron chi connectivity index (χ2n) is 8.90. The van der Waals surface area contributed by atoms with Crippen molar-refractivity contribution >= 4 is 17.1 Å². The maximum absolute atomic E-state index is 11.9. The van der Waals surface area contributed by atoms with Crippen molar-refractivity contribution in [3.05, 3.63) is 82.2 Å². The number of tetrazole rings is 1. The van der Waals surface area contributed by atoms with Crippen LogP contribution in [0.15, 0.2) is 48.6 Å². The molecule has 1 fully saturated rings. The number of ether oxygens (including phenoxy) is 2. The Kier molecular flexibility index (Phi) is 7.12. The normalized spacial score (nSPS) is 19.0. The van der Waals surface area contributed by atoms with Crippen molar-refractivity contribution in [2.45, 2.75) is 45.8 Å². The molecule has 0 unspecified atom stereocenters. The van der Waals surface area contributed by atoms with Crippen molar-refractivity contribution in [2.24, 2.45) is 7.05 Å². The van der Waals surface area contributed by atoms with Gasteiger partial charge in [0.15, 0.2) is 5.82 Å². The van der Waals surface area contributed by atoms with Crippen LogP contribution in [0.5, 0.6) is 5.75 Å². The summed E-state index contributed by atoms with van der Waals surface area (Å²) in [5.74, 6) is 0.907. The number of methoxy groups -OCH3 is 1. The van der Waals surface area contributed by atoms with Crippen LogP contribution in [0.1, 0.15) is 46.5 Å². The highest BCUT2D eigenvalue weighted by atomic mass is 16.5. The summed E-state index contributed by atoms with van der Waals surface area (Å²) in [6.07, 6.45) is 2.77. The van der Waals surface area contributed by atoms with Gasteiger partial charge in [-0.1, -0.05) is 35.9 Å². The lowest BCUT2D eigenvalue weighted by molar-refractivity contribution is -0.156. The summed E-state index contributed by atoms with van der Waals surface area (Å²) >= 11 is 0. The lowest BCUT2D eigenvalue weighted by atomic mass is 9.86. The lowest BCUT2D eigenvalue weighted by Crippen LogP contribution is -2.31. The molecule has 1 saturated heterocycles. The molecule has 3 aromatic rings. The number of aliphatic hydroxyl groups excluding tert-OH is 1. The maximum atomic E-state index is 11.9. The van der Waals surface area contributed by atoms with E-state index in [1.807, 2.05) is 30.3 Å². The van der Waals surface area contributed by atoms with E-state index >= 15 is 0 Å². The van der Waals surface area contributed by atoms with Crippen molar-refractivity contribution in [2.75, 3.05) is 7.11 Å². The Hall–Kier alpha value is -3.78. The molecule has 8 nitrogen and oxygen atoms in total. The fourth-order valence-corrected chi connectivity index (χ4v) is 4.62. The van der Waals surface area contributed by atoms with Crippen LogP contribution >= 0.6 is 0 Å². The number of nitrogens with zero attached hydrogens (tertiary/aromatic N) is 4. The van der Waals surface area contributed by atoms with Crippen LogP contribution < -0.4 is 4.74 Å². The maximum Gasteiger partial charge on any atom is 0.309 e. The number of esters is 1. The van der Waals surface area contributed by atoms with Gasteiger partial charge < -0.3 is 14.6 Å². The quantitative estimate of drug-likeness (QED) is 0.429. The monoisotopic (exact) mass is 474 g/mol. The number of cyclic esters (lactones) is 1. The minimum atomic E-state index is -0.725. The molecule has 0 saturated carbocycles. The molecule has 1 N–H and O–H groups in total. The average Bonchev–Trinajstić information content (AvgIpc) is 3.22. The predicted molar refractivity (Wildman–Crippen MR) is 133 cm³/mol. The Bertz CT molecular complexity index is 1270. The molecule has 2 aromatic carbocycles. The van der Waals surface area contributed by atoms with Crippen molar-refractivity contribution in [3.8, 4) is 5.75 Å². The van der Waals surface area contributed by atoms with Crippen LogP contribution in [0.25, 0.3) is 11.1 Å². The molecule has 35 heavy (non-hydrogen) atoms. The van der Waals surface area contributed by atoms with Crippen molar-refractivity contribution in [1.29, 1.82) is 0 Å². The fraction of sp³-hybridized carbons (Fsp3) is 0.333. The summed E-state index contributed by atoms with van der Waals surface area (Å²) in [5.41, 5.74) is 7.17. The third kappa shape index (κ3) is 5.33. The summed E-state index contributed by atoms with van der Waals surface area (Å²) in [7, 11) is 3.42. The molecule has 1 aliphatic heterocycles. The lowest BCUT2D eigenvalue weighted by Gasteiger charge is -2.24. The first-order chi connectivity index (χ1) is 16.8. The third-order valence-corrected chi connectivity index (χ3v) is 6.10. The van der Waals surface area contributed by atoms with Gasteiger partial charge in [-0.3, -0.25) is 4.79 Å². The zero-order chi connectivity index (χ0) is 25.1. The molecular formula is C27H30N4O4. The Morgan fingerprint density at radius 3 is 2.43 bits per heavy atom. The number of aliphatic hydroxyl groups is 1. The molecule has 0 spiro atoms. The van der Waals surface area contributed by atoms with Crippen LogP contribution in [0.2, 0.25) is 0 Å². The summed E-state index contributed by atoms with van der Waals surface area (Å²) in [4.78, 5) is 11.9. The number of benzene rings is 2. The predicted octanol–water partition coefficient (Wildman–Crippen LogP) is 3.73. The minimum absolute atomic E-state index is 0.0130. The summed E-state index contributed by atoms with van der Waals surface area (Å²) in [5, 5.41) is 22.3. The third-order valence-electron chi connectivity index (χ3n) is 6.10. The second-order valence-corrected chi connectivity index (χ2v) is 8.90.